The van der Waals surface area contributed by atoms with Crippen molar-refractivity contribution in [3.05, 3.63) is 24.8 Å². The lowest BCUT2D eigenvalue weighted by Gasteiger charge is -1.85. The number of amides is 2. The standard InChI is InChI=1S/C6H9N3O/c1-2-3-4-5-8-9-6(7)10/h2-5H,1H2,(H3,7,9,10)/b4-3+,8-5+. The molecule has 2 amide bonds. The summed E-state index contributed by atoms with van der Waals surface area (Å²) in [6.07, 6.45) is 6.28. The predicted octanol–water partition coefficient (Wildman–Crippen LogP) is 0.383. The maximum Gasteiger partial charge on any atom is 0.332 e. The first-order valence-electron chi connectivity index (χ1n) is 2.63. The van der Waals surface area contributed by atoms with Crippen molar-refractivity contribution in [3.8, 4) is 0 Å². The fourth-order valence-corrected chi connectivity index (χ4v) is 0.272. The molecule has 0 unspecified atom stereocenters. The number of hydrogen-bond acceptors (Lipinski definition) is 2. The number of rotatable bonds is 3. The Kier molecular flexibility index (Phi) is 4.68. The third kappa shape index (κ3) is 6.42. The van der Waals surface area contributed by atoms with Gasteiger partial charge in [0.2, 0.25) is 0 Å². The first-order chi connectivity index (χ1) is 4.77. The lowest BCUT2D eigenvalue weighted by atomic mass is 10.5. The van der Waals surface area contributed by atoms with Gasteiger partial charge < -0.3 is 5.73 Å². The van der Waals surface area contributed by atoms with Crippen molar-refractivity contribution >= 4 is 12.2 Å². The highest BCUT2D eigenvalue weighted by Crippen LogP contribution is 1.67. The Morgan fingerprint density at radius 1 is 1.60 bits per heavy atom. The van der Waals surface area contributed by atoms with E-state index >= 15 is 0 Å². The van der Waals surface area contributed by atoms with Crippen LogP contribution in [0.3, 0.4) is 0 Å². The lowest BCUT2D eigenvalue weighted by molar-refractivity contribution is 0.249. The van der Waals surface area contributed by atoms with Crippen LogP contribution in [0, 0.1) is 0 Å². The predicted molar refractivity (Wildman–Crippen MR) is 40.5 cm³/mol. The van der Waals surface area contributed by atoms with Crippen LogP contribution >= 0.6 is 0 Å². The molecule has 0 saturated carbocycles. The fourth-order valence-electron chi connectivity index (χ4n) is 0.272. The molecule has 0 bridgehead atoms. The molecule has 10 heavy (non-hydrogen) atoms. The molecule has 4 nitrogen and oxygen atoms in total. The summed E-state index contributed by atoms with van der Waals surface area (Å²) in [7, 11) is 0. The van der Waals surface area contributed by atoms with Gasteiger partial charge in [-0.2, -0.15) is 5.10 Å². The summed E-state index contributed by atoms with van der Waals surface area (Å²) in [6, 6.07) is -0.678. The molecule has 3 N–H and O–H groups in total. The molecule has 0 aromatic carbocycles. The average molecular weight is 139 g/mol. The largest absolute Gasteiger partial charge is 0.350 e. The Bertz CT molecular complexity index is 172. The highest BCUT2D eigenvalue weighted by Gasteiger charge is 1.79. The van der Waals surface area contributed by atoms with E-state index in [0.29, 0.717) is 0 Å². The number of allylic oxidation sites excluding steroid dienone is 3. The molecule has 0 fully saturated rings. The van der Waals surface area contributed by atoms with E-state index < -0.39 is 6.03 Å². The van der Waals surface area contributed by atoms with Crippen LogP contribution in [0.2, 0.25) is 0 Å². The van der Waals surface area contributed by atoms with Gasteiger partial charge in [-0.25, -0.2) is 10.2 Å². The monoisotopic (exact) mass is 139 g/mol. The van der Waals surface area contributed by atoms with Gasteiger partial charge in [-0.05, 0) is 6.08 Å². The molecule has 0 heterocycles. The maximum absolute atomic E-state index is 9.99. The first kappa shape index (κ1) is 8.42. The summed E-state index contributed by atoms with van der Waals surface area (Å²) >= 11 is 0. The van der Waals surface area contributed by atoms with Gasteiger partial charge in [0.15, 0.2) is 0 Å². The molecule has 54 valence electrons. The Hall–Kier alpha value is -1.58. The Morgan fingerprint density at radius 3 is 2.80 bits per heavy atom. The molecule has 0 radical (unpaired) electrons. The van der Waals surface area contributed by atoms with Crippen molar-refractivity contribution in [2.45, 2.75) is 0 Å². The molecule has 0 rings (SSSR count). The second-order valence-corrected chi connectivity index (χ2v) is 1.37. The zero-order valence-corrected chi connectivity index (χ0v) is 5.45. The number of nitrogens with zero attached hydrogens (tertiary/aromatic N) is 1. The van der Waals surface area contributed by atoms with Gasteiger partial charge in [0.05, 0.1) is 0 Å². The molecule has 0 aliphatic carbocycles. The number of hydrazone groups is 1. The number of nitrogens with one attached hydrogen (secondary N) is 1. The van der Waals surface area contributed by atoms with Crippen molar-refractivity contribution in [2.24, 2.45) is 10.8 Å². The summed E-state index contributed by atoms with van der Waals surface area (Å²) in [5, 5.41) is 3.42. The van der Waals surface area contributed by atoms with Crippen LogP contribution in [0.5, 0.6) is 0 Å². The van der Waals surface area contributed by atoms with E-state index in [2.05, 4.69) is 11.7 Å². The van der Waals surface area contributed by atoms with Crippen molar-refractivity contribution in [3.63, 3.8) is 0 Å². The maximum atomic E-state index is 9.99. The first-order valence-corrected chi connectivity index (χ1v) is 2.63. The van der Waals surface area contributed by atoms with Crippen LogP contribution in [-0.4, -0.2) is 12.2 Å². The van der Waals surface area contributed by atoms with E-state index in [4.69, 9.17) is 5.73 Å². The number of primary amides is 1. The van der Waals surface area contributed by atoms with Gasteiger partial charge in [-0.15, -0.1) is 0 Å². The Morgan fingerprint density at radius 2 is 2.30 bits per heavy atom. The lowest BCUT2D eigenvalue weighted by Crippen LogP contribution is -2.24. The topological polar surface area (TPSA) is 67.5 Å². The zero-order valence-electron chi connectivity index (χ0n) is 5.45. The number of carbonyl (C=O) groups excluding carboxylic acids is 1. The van der Waals surface area contributed by atoms with Crippen LogP contribution in [0.1, 0.15) is 0 Å². The summed E-state index contributed by atoms with van der Waals surface area (Å²) in [5.41, 5.74) is 6.73. The molecule has 0 aliphatic heterocycles. The van der Waals surface area contributed by atoms with Gasteiger partial charge in [0.1, 0.15) is 0 Å². The van der Waals surface area contributed by atoms with E-state index in [1.165, 1.54) is 6.21 Å². The summed E-state index contributed by atoms with van der Waals surface area (Å²) < 4.78 is 0. The highest BCUT2D eigenvalue weighted by atomic mass is 16.2. The van der Waals surface area contributed by atoms with Gasteiger partial charge in [0, 0.05) is 6.21 Å². The van der Waals surface area contributed by atoms with Crippen LogP contribution in [-0.2, 0) is 0 Å². The van der Waals surface area contributed by atoms with Gasteiger partial charge in [-0.1, -0.05) is 18.7 Å². The molecule has 0 aromatic heterocycles. The van der Waals surface area contributed by atoms with Crippen molar-refractivity contribution < 1.29 is 4.79 Å². The van der Waals surface area contributed by atoms with Crippen molar-refractivity contribution in [1.29, 1.82) is 0 Å². The van der Waals surface area contributed by atoms with E-state index in [1.54, 1.807) is 18.2 Å². The summed E-state index contributed by atoms with van der Waals surface area (Å²) in [5.74, 6) is 0. The molecule has 0 atom stereocenters. The third-order valence-electron chi connectivity index (χ3n) is 0.583. The third-order valence-corrected chi connectivity index (χ3v) is 0.583. The summed E-state index contributed by atoms with van der Waals surface area (Å²) in [6.45, 7) is 3.43. The van der Waals surface area contributed by atoms with Gasteiger partial charge in [0.25, 0.3) is 0 Å². The Balaban J connectivity index is 3.46. The van der Waals surface area contributed by atoms with Crippen LogP contribution in [0.15, 0.2) is 29.9 Å². The second-order valence-electron chi connectivity index (χ2n) is 1.37. The quantitative estimate of drug-likeness (QED) is 0.331. The number of nitrogens with two attached hydrogens (primary N) is 1. The smallest absolute Gasteiger partial charge is 0.332 e. The average Bonchev–Trinajstić information content (AvgIpc) is 1.87. The van der Waals surface area contributed by atoms with Gasteiger partial charge >= 0.3 is 6.03 Å². The molecule has 0 spiro atoms. The molecular formula is C6H9N3O. The van der Waals surface area contributed by atoms with E-state index in [9.17, 15) is 4.79 Å². The fraction of sp³-hybridized carbons (Fsp3) is 0. The van der Waals surface area contributed by atoms with E-state index in [1.807, 2.05) is 5.43 Å². The number of urea groups is 1. The zero-order chi connectivity index (χ0) is 7.82. The molecule has 0 aliphatic rings. The second kappa shape index (κ2) is 5.55. The van der Waals surface area contributed by atoms with Crippen molar-refractivity contribution in [1.82, 2.24) is 5.43 Å². The normalized spacial score (nSPS) is 10.4. The SMILES string of the molecule is C=C/C=C/C=N/NC(N)=O. The molecule has 0 aromatic rings. The molecule has 4 heteroatoms. The molecule has 0 saturated heterocycles. The highest BCUT2D eigenvalue weighted by molar-refractivity contribution is 5.76. The van der Waals surface area contributed by atoms with Crippen LogP contribution in [0.4, 0.5) is 4.79 Å². The Labute approximate surface area is 59.1 Å². The molecular weight excluding hydrogens is 130 g/mol. The summed E-state index contributed by atoms with van der Waals surface area (Å²) in [4.78, 5) is 9.99. The van der Waals surface area contributed by atoms with Gasteiger partial charge in [-0.3, -0.25) is 0 Å². The van der Waals surface area contributed by atoms with Crippen LogP contribution < -0.4 is 11.2 Å². The number of carbonyl (C=O) groups is 1. The van der Waals surface area contributed by atoms with E-state index in [-0.39, 0.29) is 0 Å². The minimum absolute atomic E-state index is 0.678. The number of hydrogen-bond donors (Lipinski definition) is 2. The van der Waals surface area contributed by atoms with Crippen LogP contribution in [0.25, 0.3) is 0 Å². The van der Waals surface area contributed by atoms with Crippen molar-refractivity contribution in [2.75, 3.05) is 0 Å². The minimum Gasteiger partial charge on any atom is -0.350 e. The minimum atomic E-state index is -0.678. The van der Waals surface area contributed by atoms with E-state index in [0.717, 1.165) is 0 Å².